The van der Waals surface area contributed by atoms with Gasteiger partial charge in [0.15, 0.2) is 0 Å². The maximum absolute atomic E-state index is 13.1. The Kier molecular flexibility index (Phi) is 6.75. The van der Waals surface area contributed by atoms with Gasteiger partial charge in [-0.3, -0.25) is 4.79 Å². The van der Waals surface area contributed by atoms with E-state index in [1.807, 2.05) is 30.1 Å². The van der Waals surface area contributed by atoms with Crippen molar-refractivity contribution in [2.24, 2.45) is 5.41 Å². The van der Waals surface area contributed by atoms with Crippen LogP contribution < -0.4 is 0 Å². The number of rotatable bonds is 9. The van der Waals surface area contributed by atoms with Crippen LogP contribution in [0.5, 0.6) is 0 Å². The van der Waals surface area contributed by atoms with Crippen LogP contribution in [0.2, 0.25) is 0 Å². The first-order valence-electron chi connectivity index (χ1n) is 8.65. The lowest BCUT2D eigenvalue weighted by molar-refractivity contribution is -0.141. The van der Waals surface area contributed by atoms with E-state index in [1.54, 1.807) is 18.4 Å². The number of ether oxygens (including phenoxy) is 1. The van der Waals surface area contributed by atoms with Crippen molar-refractivity contribution in [1.29, 1.82) is 0 Å². The summed E-state index contributed by atoms with van der Waals surface area (Å²) in [6.07, 6.45) is 3.23. The molecule has 0 aliphatic carbocycles. The van der Waals surface area contributed by atoms with Gasteiger partial charge in [-0.2, -0.15) is 0 Å². The second kappa shape index (κ2) is 8.58. The van der Waals surface area contributed by atoms with Crippen molar-refractivity contribution in [2.45, 2.75) is 39.5 Å². The maximum atomic E-state index is 13.1. The summed E-state index contributed by atoms with van der Waals surface area (Å²) in [7, 11) is 3.59. The Morgan fingerprint density at radius 1 is 1.29 bits per heavy atom. The molecule has 0 saturated carbocycles. The molecule has 0 N–H and O–H groups in total. The summed E-state index contributed by atoms with van der Waals surface area (Å²) >= 11 is 1.70. The van der Waals surface area contributed by atoms with Gasteiger partial charge < -0.3 is 9.64 Å². The topological polar surface area (TPSA) is 42.4 Å². The molecule has 2 aromatic rings. The molecule has 1 heterocycles. The summed E-state index contributed by atoms with van der Waals surface area (Å²) in [4.78, 5) is 19.7. The Hall–Kier alpha value is -1.46. The van der Waals surface area contributed by atoms with Gasteiger partial charge in [0.05, 0.1) is 20.6 Å². The fraction of sp³-hybridized carbons (Fsp3) is 0.579. The number of carbonyl (C=O) groups excluding carboxylic acids is 1. The third-order valence-electron chi connectivity index (χ3n) is 4.82. The molecule has 0 atom stereocenters. The molecule has 5 heteroatoms. The summed E-state index contributed by atoms with van der Waals surface area (Å²) in [5.41, 5.74) is 0.662. The van der Waals surface area contributed by atoms with Crippen molar-refractivity contribution < 1.29 is 9.53 Å². The van der Waals surface area contributed by atoms with E-state index in [0.717, 1.165) is 36.3 Å². The molecule has 0 spiro atoms. The molecule has 0 saturated heterocycles. The van der Waals surface area contributed by atoms with E-state index in [4.69, 9.17) is 9.72 Å². The zero-order valence-corrected chi connectivity index (χ0v) is 16.0. The molecule has 4 nitrogen and oxygen atoms in total. The van der Waals surface area contributed by atoms with Crippen molar-refractivity contribution in [3.8, 4) is 0 Å². The summed E-state index contributed by atoms with van der Waals surface area (Å²) in [6, 6.07) is 8.17. The number of benzene rings is 1. The molecule has 1 amide bonds. The van der Waals surface area contributed by atoms with Crippen LogP contribution in [0.3, 0.4) is 0 Å². The number of hydrogen-bond acceptors (Lipinski definition) is 4. The standard InChI is InChI=1S/C19H28N2O2S/c1-5-19(6-2,18(22)21(3)12-9-13-23-4)14-17-20-15-10-7-8-11-16(15)24-17/h7-8,10-11H,5-6,9,12-14H2,1-4H3. The Bertz CT molecular complexity index is 631. The van der Waals surface area contributed by atoms with Gasteiger partial charge in [-0.1, -0.05) is 26.0 Å². The minimum atomic E-state index is -0.365. The Balaban J connectivity index is 2.17. The molecule has 0 fully saturated rings. The van der Waals surface area contributed by atoms with Crippen molar-refractivity contribution >= 4 is 27.5 Å². The molecule has 0 unspecified atom stereocenters. The summed E-state index contributed by atoms with van der Waals surface area (Å²) in [6.45, 7) is 5.63. The average molecular weight is 349 g/mol. The lowest BCUT2D eigenvalue weighted by Crippen LogP contribution is -2.43. The van der Waals surface area contributed by atoms with Crippen molar-refractivity contribution in [1.82, 2.24) is 9.88 Å². The zero-order chi connectivity index (χ0) is 17.6. The maximum Gasteiger partial charge on any atom is 0.228 e. The SMILES string of the molecule is CCC(CC)(Cc1nc2ccccc2s1)C(=O)N(C)CCCOC. The molecular formula is C19H28N2O2S. The molecule has 1 aromatic heterocycles. The largest absolute Gasteiger partial charge is 0.385 e. The number of nitrogens with zero attached hydrogens (tertiary/aromatic N) is 2. The Morgan fingerprint density at radius 3 is 2.62 bits per heavy atom. The van der Waals surface area contributed by atoms with Gasteiger partial charge in [-0.15, -0.1) is 11.3 Å². The van der Waals surface area contributed by atoms with E-state index in [-0.39, 0.29) is 11.3 Å². The van der Waals surface area contributed by atoms with Crippen LogP contribution in [-0.4, -0.2) is 43.1 Å². The second-order valence-corrected chi connectivity index (χ2v) is 7.43. The number of para-hydroxylation sites is 1. The van der Waals surface area contributed by atoms with Gasteiger partial charge in [-0.05, 0) is 31.4 Å². The number of hydrogen-bond donors (Lipinski definition) is 0. The van der Waals surface area contributed by atoms with Gasteiger partial charge >= 0.3 is 0 Å². The Labute approximate surface area is 148 Å². The number of fused-ring (bicyclic) bond motifs is 1. The fourth-order valence-electron chi connectivity index (χ4n) is 3.12. The highest BCUT2D eigenvalue weighted by molar-refractivity contribution is 7.18. The minimum Gasteiger partial charge on any atom is -0.385 e. The number of thiazole rings is 1. The summed E-state index contributed by atoms with van der Waals surface area (Å²) in [5.74, 6) is 0.225. The van der Waals surface area contributed by atoms with Crippen LogP contribution in [0.4, 0.5) is 0 Å². The number of carbonyl (C=O) groups is 1. The third-order valence-corrected chi connectivity index (χ3v) is 5.86. The van der Waals surface area contributed by atoms with Gasteiger partial charge in [-0.25, -0.2) is 4.98 Å². The van der Waals surface area contributed by atoms with Gasteiger partial charge in [0.1, 0.15) is 0 Å². The number of methoxy groups -OCH3 is 1. The second-order valence-electron chi connectivity index (χ2n) is 6.31. The Morgan fingerprint density at radius 2 is 2.00 bits per heavy atom. The average Bonchev–Trinajstić information content (AvgIpc) is 3.01. The monoisotopic (exact) mass is 348 g/mol. The lowest BCUT2D eigenvalue weighted by Gasteiger charge is -2.34. The normalized spacial score (nSPS) is 11.8. The highest BCUT2D eigenvalue weighted by Crippen LogP contribution is 2.35. The van der Waals surface area contributed by atoms with Crippen LogP contribution >= 0.6 is 11.3 Å². The predicted molar refractivity (Wildman–Crippen MR) is 100 cm³/mol. The summed E-state index contributed by atoms with van der Waals surface area (Å²) in [5, 5.41) is 1.05. The quantitative estimate of drug-likeness (QED) is 0.640. The van der Waals surface area contributed by atoms with Crippen LogP contribution in [0.1, 0.15) is 38.1 Å². The van der Waals surface area contributed by atoms with E-state index in [2.05, 4.69) is 19.9 Å². The highest BCUT2D eigenvalue weighted by atomic mass is 32.1. The van der Waals surface area contributed by atoms with Crippen LogP contribution in [0, 0.1) is 5.41 Å². The number of amides is 1. The third kappa shape index (κ3) is 4.14. The van der Waals surface area contributed by atoms with E-state index >= 15 is 0 Å². The molecule has 0 radical (unpaired) electrons. The van der Waals surface area contributed by atoms with Gasteiger partial charge in [0, 0.05) is 33.7 Å². The molecule has 1 aromatic carbocycles. The van der Waals surface area contributed by atoms with E-state index < -0.39 is 0 Å². The van der Waals surface area contributed by atoms with Crippen LogP contribution in [-0.2, 0) is 16.0 Å². The van der Waals surface area contributed by atoms with Crippen LogP contribution in [0.25, 0.3) is 10.2 Å². The fourth-order valence-corrected chi connectivity index (χ4v) is 4.23. The molecule has 24 heavy (non-hydrogen) atoms. The van der Waals surface area contributed by atoms with E-state index in [9.17, 15) is 4.79 Å². The predicted octanol–water partition coefficient (Wildman–Crippen LogP) is 4.14. The molecule has 0 bridgehead atoms. The van der Waals surface area contributed by atoms with Gasteiger partial charge in [0.2, 0.25) is 5.91 Å². The lowest BCUT2D eigenvalue weighted by atomic mass is 9.78. The molecule has 0 aliphatic heterocycles. The minimum absolute atomic E-state index is 0.225. The van der Waals surface area contributed by atoms with Crippen molar-refractivity contribution in [3.63, 3.8) is 0 Å². The first kappa shape index (κ1) is 18.9. The van der Waals surface area contributed by atoms with Crippen molar-refractivity contribution in [3.05, 3.63) is 29.3 Å². The first-order valence-corrected chi connectivity index (χ1v) is 9.47. The highest BCUT2D eigenvalue weighted by Gasteiger charge is 2.38. The van der Waals surface area contributed by atoms with E-state index in [0.29, 0.717) is 13.0 Å². The number of aromatic nitrogens is 1. The molecule has 0 aliphatic rings. The summed E-state index contributed by atoms with van der Waals surface area (Å²) < 4.78 is 6.28. The molecule has 132 valence electrons. The van der Waals surface area contributed by atoms with Crippen LogP contribution in [0.15, 0.2) is 24.3 Å². The molecule has 2 rings (SSSR count). The van der Waals surface area contributed by atoms with E-state index in [1.165, 1.54) is 4.70 Å². The van der Waals surface area contributed by atoms with Gasteiger partial charge in [0.25, 0.3) is 0 Å². The molecular weight excluding hydrogens is 320 g/mol. The first-order chi connectivity index (χ1) is 11.6. The zero-order valence-electron chi connectivity index (χ0n) is 15.2. The van der Waals surface area contributed by atoms with Crippen molar-refractivity contribution in [2.75, 3.05) is 27.3 Å². The smallest absolute Gasteiger partial charge is 0.228 e.